The first-order valence-corrected chi connectivity index (χ1v) is 12.6. The van der Waals surface area contributed by atoms with Crippen LogP contribution in [0.25, 0.3) is 86.9 Å². The first-order chi connectivity index (χ1) is 26.5. The van der Waals surface area contributed by atoms with Crippen LogP contribution in [0, 0.1) is 0 Å². The average molecular weight is 521 g/mol. The highest BCUT2D eigenvalue weighted by Crippen LogP contribution is 2.46. The Hall–Kier alpha value is -5.20. The molecule has 0 N–H and O–H groups in total. The van der Waals surface area contributed by atoms with Gasteiger partial charge in [0.1, 0.15) is 0 Å². The first kappa shape index (κ1) is 11.5. The maximum Gasteiger partial charge on any atom is 0.0636 e. The number of hydrogen-bond donors (Lipinski definition) is 0. The maximum absolute atomic E-state index is 9.32. The number of rotatable bonds is 2. The van der Waals surface area contributed by atoms with Crippen LogP contribution in [0.4, 0.5) is 0 Å². The van der Waals surface area contributed by atoms with E-state index in [9.17, 15) is 2.74 Å². The van der Waals surface area contributed by atoms with Gasteiger partial charge in [0.2, 0.25) is 0 Å². The summed E-state index contributed by atoms with van der Waals surface area (Å²) in [6.07, 6.45) is 0. The summed E-state index contributed by atoms with van der Waals surface area (Å²) in [4.78, 5) is 0. The first-order valence-electron chi connectivity index (χ1n) is 20.6. The standard InChI is InChI=1S/C40H24/c1-2-8-25(9-3-1)32-23-29-17-15-27-18-20-36(35-21-19-30(24-32)37(29)38(27)35)40-34-13-7-5-11-28(34)22-31-16-14-26-10-4-6-12-33(26)39(31)40/h1-24H/i1D,2D,3D,4D,5D,6D,7D,8D,9D,10D,11D,12D,13D,14D,16D,22D. The number of hydrogen-bond acceptors (Lipinski definition) is 0. The molecule has 40 heavy (non-hydrogen) atoms. The van der Waals surface area contributed by atoms with Crippen molar-refractivity contribution < 1.29 is 21.9 Å². The Kier molecular flexibility index (Phi) is 2.34. The van der Waals surface area contributed by atoms with Crippen LogP contribution in [0.15, 0.2) is 145 Å². The zero-order valence-electron chi connectivity index (χ0n) is 36.6. The highest BCUT2D eigenvalue weighted by Gasteiger charge is 2.18. The summed E-state index contributed by atoms with van der Waals surface area (Å²) in [7, 11) is 0. The summed E-state index contributed by atoms with van der Waals surface area (Å²) < 4.78 is 139. The summed E-state index contributed by atoms with van der Waals surface area (Å²) in [5.74, 6) is 0. The van der Waals surface area contributed by atoms with Crippen molar-refractivity contribution in [2.45, 2.75) is 0 Å². The van der Waals surface area contributed by atoms with Crippen LogP contribution in [0.5, 0.6) is 0 Å². The summed E-state index contributed by atoms with van der Waals surface area (Å²) in [6.45, 7) is 0. The van der Waals surface area contributed by atoms with E-state index in [1.807, 2.05) is 12.1 Å². The van der Waals surface area contributed by atoms with E-state index in [-0.39, 0.29) is 55.5 Å². The van der Waals surface area contributed by atoms with Gasteiger partial charge in [0.15, 0.2) is 0 Å². The summed E-state index contributed by atoms with van der Waals surface area (Å²) in [6, 6.07) is 6.08. The molecule has 0 radical (unpaired) electrons. The van der Waals surface area contributed by atoms with Crippen molar-refractivity contribution in [2.24, 2.45) is 0 Å². The van der Waals surface area contributed by atoms with Crippen LogP contribution in [-0.4, -0.2) is 0 Å². The zero-order chi connectivity index (χ0) is 40.1. The summed E-state index contributed by atoms with van der Waals surface area (Å²) in [5.41, 5.74) is 0.940. The third kappa shape index (κ3) is 3.02. The Morgan fingerprint density at radius 1 is 0.375 bits per heavy atom. The largest absolute Gasteiger partial charge is 0.0636 e. The Morgan fingerprint density at radius 3 is 1.88 bits per heavy atom. The molecular formula is C40H24. The monoisotopic (exact) mass is 520 g/mol. The minimum atomic E-state index is -0.615. The van der Waals surface area contributed by atoms with Crippen molar-refractivity contribution in [2.75, 3.05) is 0 Å². The van der Waals surface area contributed by atoms with Gasteiger partial charge in [-0.25, -0.2) is 0 Å². The molecule has 0 saturated heterocycles. The Morgan fingerprint density at radius 2 is 1.02 bits per heavy atom. The molecule has 0 saturated carbocycles. The van der Waals surface area contributed by atoms with Gasteiger partial charge in [-0.15, -0.1) is 0 Å². The summed E-state index contributed by atoms with van der Waals surface area (Å²) in [5, 5.41) is 3.20. The van der Waals surface area contributed by atoms with Gasteiger partial charge in [0.25, 0.3) is 0 Å². The van der Waals surface area contributed by atoms with E-state index in [0.717, 1.165) is 10.8 Å². The second-order valence-electron chi connectivity index (χ2n) is 9.69. The van der Waals surface area contributed by atoms with Crippen LogP contribution >= 0.6 is 0 Å². The van der Waals surface area contributed by atoms with E-state index in [0.29, 0.717) is 32.7 Å². The number of fused-ring (bicyclic) bond motifs is 4. The fraction of sp³-hybridized carbons (Fsp3) is 0. The van der Waals surface area contributed by atoms with Crippen LogP contribution in [0.1, 0.15) is 21.9 Å². The number of benzene rings is 9. The Labute approximate surface area is 254 Å². The normalized spacial score (nSPS) is 17.6. The third-order valence-corrected chi connectivity index (χ3v) is 7.59. The average Bonchev–Trinajstić information content (AvgIpc) is 3.19. The molecular weight excluding hydrogens is 480 g/mol. The van der Waals surface area contributed by atoms with Gasteiger partial charge >= 0.3 is 0 Å². The van der Waals surface area contributed by atoms with Crippen LogP contribution in [0.3, 0.4) is 0 Å². The van der Waals surface area contributed by atoms with Crippen molar-refractivity contribution in [1.82, 2.24) is 0 Å². The molecule has 9 rings (SSSR count). The third-order valence-electron chi connectivity index (χ3n) is 7.59. The highest BCUT2D eigenvalue weighted by molar-refractivity contribution is 6.30. The molecule has 0 heterocycles. The van der Waals surface area contributed by atoms with Crippen molar-refractivity contribution in [3.8, 4) is 22.3 Å². The molecule has 0 aliphatic heterocycles. The lowest BCUT2D eigenvalue weighted by atomic mass is 9.84. The molecule has 0 unspecified atom stereocenters. The minimum absolute atomic E-state index is 0.0194. The van der Waals surface area contributed by atoms with E-state index in [2.05, 4.69) is 0 Å². The fourth-order valence-electron chi connectivity index (χ4n) is 5.94. The van der Waals surface area contributed by atoms with Crippen LogP contribution in [0.2, 0.25) is 0 Å². The van der Waals surface area contributed by atoms with Crippen molar-refractivity contribution >= 4 is 64.6 Å². The van der Waals surface area contributed by atoms with Gasteiger partial charge in [0.05, 0.1) is 21.9 Å². The highest BCUT2D eigenvalue weighted by atomic mass is 14.2. The summed E-state index contributed by atoms with van der Waals surface area (Å²) >= 11 is 0. The Balaban J connectivity index is 1.51. The fourth-order valence-corrected chi connectivity index (χ4v) is 5.94. The molecule has 0 heteroatoms. The van der Waals surface area contributed by atoms with E-state index in [1.54, 1.807) is 36.4 Å². The quantitative estimate of drug-likeness (QED) is 0.157. The lowest BCUT2D eigenvalue weighted by molar-refractivity contribution is 1.66. The molecule has 0 spiro atoms. The molecule has 0 atom stereocenters. The van der Waals surface area contributed by atoms with Crippen LogP contribution in [-0.2, 0) is 0 Å². The predicted octanol–water partition coefficient (Wildman–Crippen LogP) is 11.4. The smallest absolute Gasteiger partial charge is 0.0622 e. The molecule has 0 bridgehead atoms. The second kappa shape index (κ2) is 8.15. The lowest BCUT2D eigenvalue weighted by Gasteiger charge is -2.19. The van der Waals surface area contributed by atoms with Gasteiger partial charge < -0.3 is 0 Å². The van der Waals surface area contributed by atoms with E-state index >= 15 is 0 Å². The zero-order valence-corrected chi connectivity index (χ0v) is 20.6. The molecule has 0 aromatic heterocycles. The molecule has 9 aromatic rings. The van der Waals surface area contributed by atoms with E-state index in [4.69, 9.17) is 19.2 Å². The topological polar surface area (TPSA) is 0 Å². The van der Waals surface area contributed by atoms with E-state index < -0.39 is 84.6 Å². The molecule has 0 aliphatic carbocycles. The Bertz CT molecular complexity index is 3270. The van der Waals surface area contributed by atoms with Gasteiger partial charge in [-0.1, -0.05) is 127 Å². The predicted molar refractivity (Wildman–Crippen MR) is 174 cm³/mol. The van der Waals surface area contributed by atoms with Crippen molar-refractivity contribution in [3.05, 3.63) is 145 Å². The molecule has 9 aromatic carbocycles. The van der Waals surface area contributed by atoms with E-state index in [1.165, 1.54) is 0 Å². The lowest BCUT2D eigenvalue weighted by Crippen LogP contribution is -1.91. The van der Waals surface area contributed by atoms with Gasteiger partial charge in [-0.3, -0.25) is 0 Å². The molecule has 184 valence electrons. The van der Waals surface area contributed by atoms with Gasteiger partial charge in [-0.05, 0) is 105 Å². The van der Waals surface area contributed by atoms with Crippen molar-refractivity contribution in [1.29, 1.82) is 0 Å². The molecule has 0 aliphatic rings. The molecule has 0 nitrogen and oxygen atoms in total. The molecule has 0 fully saturated rings. The second-order valence-corrected chi connectivity index (χ2v) is 9.69. The van der Waals surface area contributed by atoms with Crippen LogP contribution < -0.4 is 0 Å². The maximum atomic E-state index is 9.32. The minimum Gasteiger partial charge on any atom is -0.0622 e. The van der Waals surface area contributed by atoms with Crippen molar-refractivity contribution in [3.63, 3.8) is 0 Å². The SMILES string of the molecule is [2H]c1c([2H])c([2H])c(-c2cc3ccc4ccc(-c5c6c([2H])c([2H])c([2H])c([2H])c6c([2H])c6c([2H])c([2H])c7c([2H])c([2H])c([2H])c([2H])c7c56)c5ccc(c2)c3c45)c([2H])c1[2H]. The van der Waals surface area contributed by atoms with Gasteiger partial charge in [-0.2, -0.15) is 0 Å². The van der Waals surface area contributed by atoms with Gasteiger partial charge in [0, 0.05) is 0 Å². The molecule has 0 amide bonds.